The maximum Gasteiger partial charge on any atom is 0.193 e. The van der Waals surface area contributed by atoms with Gasteiger partial charge in [-0.3, -0.25) is 4.99 Å². The normalized spacial score (nSPS) is 22.7. The Morgan fingerprint density at radius 2 is 2.00 bits per heavy atom. The molecule has 3 heteroatoms. The van der Waals surface area contributed by atoms with Gasteiger partial charge in [0.1, 0.15) is 0 Å². The van der Waals surface area contributed by atoms with E-state index in [2.05, 4.69) is 37.9 Å². The Balaban J connectivity index is 1.90. The molecule has 0 aromatic heterocycles. The molecular weight excluding hydrogens is 234 g/mol. The van der Waals surface area contributed by atoms with Crippen LogP contribution in [0.1, 0.15) is 59.8 Å². The summed E-state index contributed by atoms with van der Waals surface area (Å²) >= 11 is 0. The van der Waals surface area contributed by atoms with Gasteiger partial charge < -0.3 is 10.2 Å². The fourth-order valence-electron chi connectivity index (χ4n) is 3.12. The molecule has 0 amide bonds. The highest BCUT2D eigenvalue weighted by Crippen LogP contribution is 2.47. The van der Waals surface area contributed by atoms with Gasteiger partial charge in [0.25, 0.3) is 0 Å². The van der Waals surface area contributed by atoms with Gasteiger partial charge >= 0.3 is 0 Å². The van der Waals surface area contributed by atoms with Crippen LogP contribution in [0.2, 0.25) is 0 Å². The molecule has 0 aromatic rings. The van der Waals surface area contributed by atoms with Crippen LogP contribution in [0.15, 0.2) is 4.99 Å². The molecule has 0 bridgehead atoms. The van der Waals surface area contributed by atoms with E-state index >= 15 is 0 Å². The van der Waals surface area contributed by atoms with Crippen molar-refractivity contribution >= 4 is 5.96 Å². The van der Waals surface area contributed by atoms with Crippen LogP contribution in [0.3, 0.4) is 0 Å². The average molecular weight is 265 g/mol. The number of likely N-dealkylation sites (tertiary alicyclic amines) is 1. The third kappa shape index (κ3) is 3.87. The van der Waals surface area contributed by atoms with E-state index in [0.29, 0.717) is 10.8 Å². The number of rotatable bonds is 3. The topological polar surface area (TPSA) is 27.6 Å². The van der Waals surface area contributed by atoms with Crippen LogP contribution in [0.5, 0.6) is 0 Å². The zero-order valence-electron chi connectivity index (χ0n) is 13.3. The van der Waals surface area contributed by atoms with Gasteiger partial charge in [0.05, 0.1) is 0 Å². The molecule has 2 fully saturated rings. The molecule has 2 aliphatic rings. The Kier molecular flexibility index (Phi) is 4.42. The van der Waals surface area contributed by atoms with Gasteiger partial charge in [0.2, 0.25) is 0 Å². The van der Waals surface area contributed by atoms with Gasteiger partial charge in [-0.1, -0.05) is 27.2 Å². The van der Waals surface area contributed by atoms with Crippen LogP contribution in [0.25, 0.3) is 0 Å². The summed E-state index contributed by atoms with van der Waals surface area (Å²) in [5, 5.41) is 3.47. The third-order valence-electron chi connectivity index (χ3n) is 4.61. The van der Waals surface area contributed by atoms with E-state index in [1.807, 2.05) is 0 Å². The first-order valence-corrected chi connectivity index (χ1v) is 7.97. The molecule has 0 atom stereocenters. The van der Waals surface area contributed by atoms with Crippen molar-refractivity contribution in [2.75, 3.05) is 26.2 Å². The quantitative estimate of drug-likeness (QED) is 0.626. The zero-order valence-corrected chi connectivity index (χ0v) is 13.3. The largest absolute Gasteiger partial charge is 0.357 e. The van der Waals surface area contributed by atoms with Crippen molar-refractivity contribution in [3.63, 3.8) is 0 Å². The van der Waals surface area contributed by atoms with Gasteiger partial charge in [0, 0.05) is 26.2 Å². The minimum Gasteiger partial charge on any atom is -0.357 e. The number of nitrogens with zero attached hydrogens (tertiary/aromatic N) is 2. The van der Waals surface area contributed by atoms with Crippen molar-refractivity contribution in [1.82, 2.24) is 10.2 Å². The molecule has 110 valence electrons. The van der Waals surface area contributed by atoms with Crippen molar-refractivity contribution in [2.45, 2.75) is 59.8 Å². The second-order valence-corrected chi connectivity index (χ2v) is 7.57. The lowest BCUT2D eigenvalue weighted by Crippen LogP contribution is -2.42. The summed E-state index contributed by atoms with van der Waals surface area (Å²) < 4.78 is 0. The smallest absolute Gasteiger partial charge is 0.193 e. The minimum absolute atomic E-state index is 0.376. The highest BCUT2D eigenvalue weighted by atomic mass is 15.3. The molecule has 0 radical (unpaired) electrons. The van der Waals surface area contributed by atoms with Gasteiger partial charge in [-0.2, -0.15) is 0 Å². The molecule has 1 spiro atoms. The van der Waals surface area contributed by atoms with Crippen LogP contribution in [0.4, 0.5) is 0 Å². The summed E-state index contributed by atoms with van der Waals surface area (Å²) in [4.78, 5) is 7.33. The Hall–Kier alpha value is -0.730. The Labute approximate surface area is 118 Å². The molecule has 0 aromatic carbocycles. The maximum atomic E-state index is 4.84. The number of nitrogens with one attached hydrogen (secondary N) is 1. The van der Waals surface area contributed by atoms with E-state index < -0.39 is 0 Å². The van der Waals surface area contributed by atoms with Crippen molar-refractivity contribution in [3.05, 3.63) is 0 Å². The summed E-state index contributed by atoms with van der Waals surface area (Å²) in [7, 11) is 0. The SMILES string of the molecule is CCNC(=NCCC(C)(C)C)N1CCC2(CCC2)C1. The number of hydrogen-bond donors (Lipinski definition) is 1. The summed E-state index contributed by atoms with van der Waals surface area (Å²) in [5.41, 5.74) is 1.03. The molecular formula is C16H31N3. The molecule has 1 aliphatic carbocycles. The van der Waals surface area contributed by atoms with Crippen LogP contribution in [-0.2, 0) is 0 Å². The predicted octanol–water partition coefficient (Wildman–Crippen LogP) is 3.26. The monoisotopic (exact) mass is 265 g/mol. The molecule has 1 aliphatic heterocycles. The van der Waals surface area contributed by atoms with E-state index in [-0.39, 0.29) is 0 Å². The lowest BCUT2D eigenvalue weighted by molar-refractivity contribution is 0.151. The molecule has 1 N–H and O–H groups in total. The van der Waals surface area contributed by atoms with Crippen LogP contribution in [-0.4, -0.2) is 37.0 Å². The molecule has 19 heavy (non-hydrogen) atoms. The lowest BCUT2D eigenvalue weighted by atomic mass is 9.68. The summed E-state index contributed by atoms with van der Waals surface area (Å²) in [5.74, 6) is 1.15. The number of guanidine groups is 1. The van der Waals surface area contributed by atoms with Crippen molar-refractivity contribution in [2.24, 2.45) is 15.8 Å². The number of hydrogen-bond acceptors (Lipinski definition) is 1. The fraction of sp³-hybridized carbons (Fsp3) is 0.938. The van der Waals surface area contributed by atoms with E-state index in [4.69, 9.17) is 4.99 Å². The van der Waals surface area contributed by atoms with Crippen LogP contribution >= 0.6 is 0 Å². The first-order chi connectivity index (χ1) is 8.94. The van der Waals surface area contributed by atoms with Crippen molar-refractivity contribution in [3.8, 4) is 0 Å². The molecule has 0 unspecified atom stereocenters. The predicted molar refractivity (Wildman–Crippen MR) is 82.5 cm³/mol. The highest BCUT2D eigenvalue weighted by Gasteiger charge is 2.43. The van der Waals surface area contributed by atoms with E-state index in [1.54, 1.807) is 0 Å². The third-order valence-corrected chi connectivity index (χ3v) is 4.61. The van der Waals surface area contributed by atoms with Crippen molar-refractivity contribution < 1.29 is 0 Å². The van der Waals surface area contributed by atoms with Crippen molar-refractivity contribution in [1.29, 1.82) is 0 Å². The second kappa shape index (κ2) is 5.72. The molecule has 1 saturated heterocycles. The van der Waals surface area contributed by atoms with Crippen LogP contribution in [0, 0.1) is 10.8 Å². The number of aliphatic imine (C=N–C) groups is 1. The molecule has 2 rings (SSSR count). The van der Waals surface area contributed by atoms with Gasteiger partial charge in [-0.15, -0.1) is 0 Å². The van der Waals surface area contributed by atoms with E-state index in [1.165, 1.54) is 38.8 Å². The van der Waals surface area contributed by atoms with Gasteiger partial charge in [-0.05, 0) is 43.4 Å². The average Bonchev–Trinajstić information content (AvgIpc) is 2.71. The second-order valence-electron chi connectivity index (χ2n) is 7.57. The zero-order chi connectivity index (χ0) is 13.9. The highest BCUT2D eigenvalue weighted by molar-refractivity contribution is 5.80. The lowest BCUT2D eigenvalue weighted by Gasteiger charge is -2.38. The molecule has 3 nitrogen and oxygen atoms in total. The van der Waals surface area contributed by atoms with Gasteiger partial charge in [-0.25, -0.2) is 0 Å². The summed E-state index contributed by atoms with van der Waals surface area (Å²) in [6.07, 6.45) is 6.83. The Morgan fingerprint density at radius 3 is 2.47 bits per heavy atom. The van der Waals surface area contributed by atoms with Gasteiger partial charge in [0.15, 0.2) is 5.96 Å². The summed E-state index contributed by atoms with van der Waals surface area (Å²) in [6, 6.07) is 0. The minimum atomic E-state index is 0.376. The van der Waals surface area contributed by atoms with E-state index in [9.17, 15) is 0 Å². The standard InChI is InChI=1S/C16H31N3/c1-5-17-14(18-11-9-15(2,3)4)19-12-10-16(13-19)7-6-8-16/h5-13H2,1-4H3,(H,17,18). The van der Waals surface area contributed by atoms with Crippen LogP contribution < -0.4 is 5.32 Å². The Bertz CT molecular complexity index is 323. The maximum absolute atomic E-state index is 4.84. The summed E-state index contributed by atoms with van der Waals surface area (Å²) in [6.45, 7) is 13.4. The molecule has 1 saturated carbocycles. The first kappa shape index (κ1) is 14.7. The fourth-order valence-corrected chi connectivity index (χ4v) is 3.12. The van der Waals surface area contributed by atoms with E-state index in [0.717, 1.165) is 25.5 Å². The molecule has 1 heterocycles. The first-order valence-electron chi connectivity index (χ1n) is 7.97. The Morgan fingerprint density at radius 1 is 1.26 bits per heavy atom.